The van der Waals surface area contributed by atoms with Crippen molar-refractivity contribution in [2.24, 2.45) is 10.9 Å². The predicted molar refractivity (Wildman–Crippen MR) is 114 cm³/mol. The minimum Gasteiger partial charge on any atom is -0.381 e. The quantitative estimate of drug-likeness (QED) is 0.216. The van der Waals surface area contributed by atoms with E-state index >= 15 is 0 Å². The Morgan fingerprint density at radius 2 is 1.72 bits per heavy atom. The van der Waals surface area contributed by atoms with Gasteiger partial charge in [-0.1, -0.05) is 32.0 Å². The Morgan fingerprint density at radius 1 is 1.08 bits per heavy atom. The average Bonchev–Trinajstić information content (AvgIpc) is 2.60. The first kappa shape index (κ1) is 23.6. The van der Waals surface area contributed by atoms with Crippen molar-refractivity contribution >= 4 is 35.8 Å². The van der Waals surface area contributed by atoms with Gasteiger partial charge in [0, 0.05) is 45.5 Å². The summed E-state index contributed by atoms with van der Waals surface area (Å²) in [7, 11) is 1.73. The first-order chi connectivity index (χ1) is 11.6. The van der Waals surface area contributed by atoms with Gasteiger partial charge in [0.25, 0.3) is 5.91 Å². The lowest BCUT2D eigenvalue weighted by Crippen LogP contribution is -2.42. The molecule has 1 amide bonds. The number of rotatable bonds is 10. The molecule has 0 spiro atoms. The molecule has 0 fully saturated rings. The number of hydrogen-bond donors (Lipinski definition) is 3. The third-order valence-corrected chi connectivity index (χ3v) is 3.17. The van der Waals surface area contributed by atoms with Gasteiger partial charge in [0.15, 0.2) is 5.96 Å². The van der Waals surface area contributed by atoms with E-state index in [1.807, 2.05) is 18.2 Å². The monoisotopic (exact) mass is 462 g/mol. The van der Waals surface area contributed by atoms with Crippen molar-refractivity contribution in [3.8, 4) is 0 Å². The maximum absolute atomic E-state index is 11.9. The van der Waals surface area contributed by atoms with Crippen LogP contribution in [-0.2, 0) is 4.74 Å². The van der Waals surface area contributed by atoms with Crippen LogP contribution >= 0.6 is 24.0 Å². The second-order valence-corrected chi connectivity index (χ2v) is 5.87. The van der Waals surface area contributed by atoms with E-state index in [0.717, 1.165) is 32.1 Å². The van der Waals surface area contributed by atoms with Crippen LogP contribution in [0.25, 0.3) is 0 Å². The lowest BCUT2D eigenvalue weighted by atomic mass is 10.2. The Labute approximate surface area is 168 Å². The molecule has 0 aromatic heterocycles. The minimum absolute atomic E-state index is 0. The van der Waals surface area contributed by atoms with Crippen LogP contribution < -0.4 is 16.0 Å². The van der Waals surface area contributed by atoms with Gasteiger partial charge in [-0.15, -0.1) is 24.0 Å². The van der Waals surface area contributed by atoms with Crippen LogP contribution in [0.2, 0.25) is 0 Å². The van der Waals surface area contributed by atoms with E-state index in [1.54, 1.807) is 19.2 Å². The summed E-state index contributed by atoms with van der Waals surface area (Å²) < 4.78 is 5.53. The summed E-state index contributed by atoms with van der Waals surface area (Å²) >= 11 is 0. The molecule has 0 atom stereocenters. The maximum atomic E-state index is 11.9. The molecule has 0 bridgehead atoms. The van der Waals surface area contributed by atoms with E-state index in [-0.39, 0.29) is 29.9 Å². The van der Waals surface area contributed by atoms with Crippen molar-refractivity contribution in [2.75, 3.05) is 39.9 Å². The molecule has 1 aromatic carbocycles. The molecule has 1 aromatic rings. The number of ether oxygens (including phenoxy) is 1. The number of nitrogens with one attached hydrogen (secondary N) is 3. The van der Waals surface area contributed by atoms with Gasteiger partial charge in [-0.05, 0) is 24.5 Å². The number of nitrogens with zero attached hydrogens (tertiary/aromatic N) is 1. The second kappa shape index (κ2) is 14.9. The van der Waals surface area contributed by atoms with E-state index in [1.165, 1.54) is 0 Å². The van der Waals surface area contributed by atoms with Gasteiger partial charge >= 0.3 is 0 Å². The second-order valence-electron chi connectivity index (χ2n) is 5.87. The molecule has 0 heterocycles. The Balaban J connectivity index is 0.00000576. The number of hydrogen-bond acceptors (Lipinski definition) is 3. The molecule has 0 aliphatic heterocycles. The molecule has 3 N–H and O–H groups in total. The van der Waals surface area contributed by atoms with E-state index in [0.29, 0.717) is 24.6 Å². The number of halogens is 1. The van der Waals surface area contributed by atoms with Gasteiger partial charge in [0.2, 0.25) is 0 Å². The fraction of sp³-hybridized carbons (Fsp3) is 0.556. The highest BCUT2D eigenvalue weighted by atomic mass is 127. The topological polar surface area (TPSA) is 74.8 Å². The summed E-state index contributed by atoms with van der Waals surface area (Å²) in [6, 6.07) is 9.19. The van der Waals surface area contributed by atoms with Crippen molar-refractivity contribution in [1.82, 2.24) is 16.0 Å². The number of benzene rings is 1. The summed E-state index contributed by atoms with van der Waals surface area (Å²) in [4.78, 5) is 16.0. The Morgan fingerprint density at radius 3 is 2.36 bits per heavy atom. The highest BCUT2D eigenvalue weighted by Crippen LogP contribution is 1.97. The van der Waals surface area contributed by atoms with E-state index in [4.69, 9.17) is 4.74 Å². The van der Waals surface area contributed by atoms with Crippen LogP contribution in [0.3, 0.4) is 0 Å². The van der Waals surface area contributed by atoms with Gasteiger partial charge in [0.05, 0.1) is 0 Å². The van der Waals surface area contributed by atoms with Gasteiger partial charge in [-0.3, -0.25) is 9.79 Å². The van der Waals surface area contributed by atoms with Crippen molar-refractivity contribution in [2.45, 2.75) is 20.3 Å². The van der Waals surface area contributed by atoms with Crippen LogP contribution in [0.15, 0.2) is 35.3 Å². The summed E-state index contributed by atoms with van der Waals surface area (Å²) in [6.07, 6.45) is 0.929. The Bertz CT molecular complexity index is 495. The number of carbonyl (C=O) groups excluding carboxylic acids is 1. The molecule has 0 radical (unpaired) electrons. The minimum atomic E-state index is -0.0670. The zero-order chi connectivity index (χ0) is 17.6. The lowest BCUT2D eigenvalue weighted by molar-refractivity contribution is 0.0954. The third kappa shape index (κ3) is 11.8. The van der Waals surface area contributed by atoms with Gasteiger partial charge in [-0.25, -0.2) is 0 Å². The molecular weight excluding hydrogens is 431 g/mol. The van der Waals surface area contributed by atoms with E-state index in [9.17, 15) is 4.79 Å². The lowest BCUT2D eigenvalue weighted by Gasteiger charge is -2.12. The first-order valence-corrected chi connectivity index (χ1v) is 8.49. The van der Waals surface area contributed by atoms with Crippen molar-refractivity contribution in [3.63, 3.8) is 0 Å². The predicted octanol–water partition coefficient (Wildman–Crippen LogP) is 2.26. The number of carbonyl (C=O) groups is 1. The highest BCUT2D eigenvalue weighted by molar-refractivity contribution is 14.0. The van der Waals surface area contributed by atoms with E-state index in [2.05, 4.69) is 34.8 Å². The van der Waals surface area contributed by atoms with Crippen molar-refractivity contribution < 1.29 is 9.53 Å². The molecule has 25 heavy (non-hydrogen) atoms. The standard InChI is InChI=1S/C18H30N4O2.HI/c1-15(2)14-24-13-7-10-21-18(19-3)22-12-11-20-17(23)16-8-5-4-6-9-16;/h4-6,8-9,15H,7,10-14H2,1-3H3,(H,20,23)(H2,19,21,22);1H. The molecule has 6 nitrogen and oxygen atoms in total. The van der Waals surface area contributed by atoms with E-state index < -0.39 is 0 Å². The van der Waals surface area contributed by atoms with Gasteiger partial charge in [-0.2, -0.15) is 0 Å². The fourth-order valence-electron chi connectivity index (χ4n) is 1.97. The number of aliphatic imine (C=N–C) groups is 1. The summed E-state index contributed by atoms with van der Waals surface area (Å²) in [5.74, 6) is 1.23. The normalized spacial score (nSPS) is 11.0. The summed E-state index contributed by atoms with van der Waals surface area (Å²) in [6.45, 7) is 7.77. The molecule has 1 rings (SSSR count). The van der Waals surface area contributed by atoms with Crippen LogP contribution in [0.5, 0.6) is 0 Å². The summed E-state index contributed by atoms with van der Waals surface area (Å²) in [5, 5.41) is 9.26. The smallest absolute Gasteiger partial charge is 0.251 e. The van der Waals surface area contributed by atoms with Crippen molar-refractivity contribution in [1.29, 1.82) is 0 Å². The summed E-state index contributed by atoms with van der Waals surface area (Å²) in [5.41, 5.74) is 0.668. The van der Waals surface area contributed by atoms with Crippen LogP contribution in [-0.4, -0.2) is 51.8 Å². The molecule has 0 saturated heterocycles. The van der Waals surface area contributed by atoms with Crippen LogP contribution in [0.4, 0.5) is 0 Å². The maximum Gasteiger partial charge on any atom is 0.251 e. The SMILES string of the molecule is CN=C(NCCCOCC(C)C)NCCNC(=O)c1ccccc1.I. The van der Waals surface area contributed by atoms with Gasteiger partial charge in [0.1, 0.15) is 0 Å². The van der Waals surface area contributed by atoms with Crippen LogP contribution in [0, 0.1) is 5.92 Å². The number of amides is 1. The van der Waals surface area contributed by atoms with Crippen LogP contribution in [0.1, 0.15) is 30.6 Å². The Hall–Kier alpha value is -1.35. The van der Waals surface area contributed by atoms with Crippen molar-refractivity contribution in [3.05, 3.63) is 35.9 Å². The average molecular weight is 462 g/mol. The molecule has 0 unspecified atom stereocenters. The zero-order valence-electron chi connectivity index (χ0n) is 15.4. The molecule has 0 saturated carbocycles. The fourth-order valence-corrected chi connectivity index (χ4v) is 1.97. The molecule has 142 valence electrons. The third-order valence-electron chi connectivity index (χ3n) is 3.17. The zero-order valence-corrected chi connectivity index (χ0v) is 17.7. The Kier molecular flexibility index (Phi) is 14.1. The van der Waals surface area contributed by atoms with Gasteiger partial charge < -0.3 is 20.7 Å². The molecular formula is C18H31IN4O2. The molecule has 0 aliphatic rings. The molecule has 0 aliphatic carbocycles. The highest BCUT2D eigenvalue weighted by Gasteiger charge is 2.03. The first-order valence-electron chi connectivity index (χ1n) is 8.49. The largest absolute Gasteiger partial charge is 0.381 e. The molecule has 7 heteroatoms. The number of guanidine groups is 1.